The molecule has 0 saturated heterocycles. The van der Waals surface area contributed by atoms with Crippen molar-refractivity contribution >= 4 is 45.6 Å². The number of aromatic nitrogens is 6. The quantitative estimate of drug-likeness (QED) is 0.416. The van der Waals surface area contributed by atoms with Gasteiger partial charge >= 0.3 is 0 Å². The Morgan fingerprint density at radius 3 is 3.00 bits per heavy atom. The third kappa shape index (κ3) is 3.80. The minimum Gasteiger partial charge on any atom is -0.330 e. The number of carbonyl (C=O) groups is 1. The number of aromatic amines is 1. The average molecular weight is 450 g/mol. The average Bonchev–Trinajstić information content (AvgIpc) is 3.51. The molecule has 0 aliphatic rings. The number of fused-ring (bicyclic) bond motifs is 1. The van der Waals surface area contributed by atoms with E-state index in [0.29, 0.717) is 28.6 Å². The lowest BCUT2D eigenvalue weighted by molar-refractivity contribution is 0.101. The van der Waals surface area contributed by atoms with Crippen LogP contribution in [0.4, 0.5) is 5.69 Å². The summed E-state index contributed by atoms with van der Waals surface area (Å²) in [5, 5.41) is 12.2. The van der Waals surface area contributed by atoms with Crippen LogP contribution in [0.1, 0.15) is 21.1 Å². The van der Waals surface area contributed by atoms with Crippen LogP contribution in [0.25, 0.3) is 22.3 Å². The molecule has 5 aromatic rings. The van der Waals surface area contributed by atoms with Crippen molar-refractivity contribution in [2.24, 2.45) is 7.05 Å². The van der Waals surface area contributed by atoms with Gasteiger partial charge in [-0.2, -0.15) is 9.47 Å². The number of nitrogens with zero attached hydrogens (tertiary/aromatic N) is 5. The number of anilines is 1. The minimum absolute atomic E-state index is 0.228. The highest BCUT2D eigenvalue weighted by molar-refractivity contribution is 7.05. The van der Waals surface area contributed by atoms with Crippen molar-refractivity contribution in [1.29, 1.82) is 0 Å². The van der Waals surface area contributed by atoms with Crippen LogP contribution in [-0.2, 0) is 13.5 Å². The van der Waals surface area contributed by atoms with E-state index in [9.17, 15) is 4.79 Å². The van der Waals surface area contributed by atoms with Crippen molar-refractivity contribution in [3.05, 3.63) is 76.4 Å². The molecule has 2 aromatic carbocycles. The van der Waals surface area contributed by atoms with E-state index in [-0.39, 0.29) is 5.91 Å². The number of hydrogen-bond donors (Lipinski definition) is 2. The summed E-state index contributed by atoms with van der Waals surface area (Å²) in [6.07, 6.45) is 5.41. The molecule has 5 rings (SSSR count). The summed E-state index contributed by atoms with van der Waals surface area (Å²) in [7, 11) is 1.77. The molecular formula is C21H16ClN7OS. The molecule has 0 spiro atoms. The standard InChI is InChI=1S/C21H16ClN7OS/c1-29-11-23-10-17(29)21(30)25-14-4-2-3-13(7-14)20-26-18(31-28-20)8-12-5-6-16-15(19(12)22)9-24-27-16/h2-7,9-11H,8H2,1H3,(H,24,27)(H,25,30). The Hall–Kier alpha value is -3.56. The van der Waals surface area contributed by atoms with E-state index in [2.05, 4.69) is 29.9 Å². The molecular weight excluding hydrogens is 434 g/mol. The third-order valence-electron chi connectivity index (χ3n) is 4.88. The van der Waals surface area contributed by atoms with Gasteiger partial charge in [-0.05, 0) is 35.3 Å². The Morgan fingerprint density at radius 2 is 2.16 bits per heavy atom. The highest BCUT2D eigenvalue weighted by Crippen LogP contribution is 2.29. The number of halogens is 1. The second-order valence-corrected chi connectivity index (χ2v) is 8.20. The first kappa shape index (κ1) is 19.4. The van der Waals surface area contributed by atoms with Crippen molar-refractivity contribution in [3.63, 3.8) is 0 Å². The molecule has 0 saturated carbocycles. The smallest absolute Gasteiger partial charge is 0.273 e. The zero-order valence-corrected chi connectivity index (χ0v) is 17.9. The van der Waals surface area contributed by atoms with E-state index >= 15 is 0 Å². The van der Waals surface area contributed by atoms with Crippen molar-refractivity contribution < 1.29 is 4.79 Å². The fourth-order valence-corrected chi connectivity index (χ4v) is 4.24. The Kier molecular flexibility index (Phi) is 4.97. The molecule has 3 aromatic heterocycles. The first-order valence-corrected chi connectivity index (χ1v) is 10.5. The lowest BCUT2D eigenvalue weighted by atomic mass is 10.1. The van der Waals surface area contributed by atoms with Gasteiger partial charge in [0.2, 0.25) is 0 Å². The largest absolute Gasteiger partial charge is 0.330 e. The first-order valence-electron chi connectivity index (χ1n) is 9.39. The molecule has 0 atom stereocenters. The van der Waals surface area contributed by atoms with Crippen molar-refractivity contribution in [2.75, 3.05) is 5.32 Å². The van der Waals surface area contributed by atoms with Gasteiger partial charge in [-0.15, -0.1) is 0 Å². The Morgan fingerprint density at radius 1 is 1.26 bits per heavy atom. The number of imidazole rings is 1. The highest BCUT2D eigenvalue weighted by Gasteiger charge is 2.14. The SMILES string of the molecule is Cn1cncc1C(=O)Nc1cccc(-c2nsc(Cc3ccc4[nH]ncc4c3Cl)n2)c1. The Labute approximate surface area is 186 Å². The maximum atomic E-state index is 12.4. The molecule has 8 nitrogen and oxygen atoms in total. The van der Waals surface area contributed by atoms with E-state index in [1.807, 2.05) is 36.4 Å². The Balaban J connectivity index is 1.36. The maximum Gasteiger partial charge on any atom is 0.273 e. The number of carbonyl (C=O) groups excluding carboxylic acids is 1. The van der Waals surface area contributed by atoms with Crippen LogP contribution < -0.4 is 5.32 Å². The van der Waals surface area contributed by atoms with Crippen LogP contribution in [0.5, 0.6) is 0 Å². The van der Waals surface area contributed by atoms with E-state index < -0.39 is 0 Å². The molecule has 0 unspecified atom stereocenters. The number of H-pyrrole nitrogens is 1. The fourth-order valence-electron chi connectivity index (χ4n) is 3.28. The maximum absolute atomic E-state index is 12.4. The predicted octanol–water partition coefficient (Wildman–Crippen LogP) is 4.31. The van der Waals surface area contributed by atoms with Gasteiger partial charge in [0, 0.05) is 30.1 Å². The van der Waals surface area contributed by atoms with E-state index in [0.717, 1.165) is 27.0 Å². The molecule has 0 radical (unpaired) electrons. The number of aryl methyl sites for hydroxylation is 1. The number of hydrogen-bond acceptors (Lipinski definition) is 6. The third-order valence-corrected chi connectivity index (χ3v) is 6.03. The lowest BCUT2D eigenvalue weighted by Gasteiger charge is -2.06. The molecule has 2 N–H and O–H groups in total. The van der Waals surface area contributed by atoms with Crippen LogP contribution in [0.3, 0.4) is 0 Å². The monoisotopic (exact) mass is 449 g/mol. The number of nitrogens with one attached hydrogen (secondary N) is 2. The van der Waals surface area contributed by atoms with Crippen LogP contribution in [-0.4, -0.2) is 35.0 Å². The molecule has 0 fully saturated rings. The Bertz CT molecular complexity index is 1400. The summed E-state index contributed by atoms with van der Waals surface area (Å²) in [6.45, 7) is 0. The number of amides is 1. The van der Waals surface area contributed by atoms with Crippen molar-refractivity contribution in [1.82, 2.24) is 29.1 Å². The molecule has 10 heteroatoms. The normalized spacial score (nSPS) is 11.2. The summed E-state index contributed by atoms with van der Waals surface area (Å²) in [5.41, 5.74) is 3.83. The molecule has 0 aliphatic carbocycles. The van der Waals surface area contributed by atoms with Crippen molar-refractivity contribution in [3.8, 4) is 11.4 Å². The summed E-state index contributed by atoms with van der Waals surface area (Å²) < 4.78 is 6.16. The second-order valence-electron chi connectivity index (χ2n) is 6.98. The fraction of sp³-hybridized carbons (Fsp3) is 0.0952. The van der Waals surface area contributed by atoms with Gasteiger partial charge in [-0.1, -0.05) is 29.8 Å². The molecule has 0 bridgehead atoms. The summed E-state index contributed by atoms with van der Waals surface area (Å²) in [4.78, 5) is 21.1. The van der Waals surface area contributed by atoms with Gasteiger partial charge in [0.1, 0.15) is 10.7 Å². The molecule has 31 heavy (non-hydrogen) atoms. The summed E-state index contributed by atoms with van der Waals surface area (Å²) in [6, 6.07) is 11.4. The van der Waals surface area contributed by atoms with Gasteiger partial charge in [-0.3, -0.25) is 9.89 Å². The van der Waals surface area contributed by atoms with E-state index in [4.69, 9.17) is 11.6 Å². The second kappa shape index (κ2) is 7.93. The van der Waals surface area contributed by atoms with Crippen LogP contribution in [0, 0.1) is 0 Å². The zero-order valence-electron chi connectivity index (χ0n) is 16.3. The van der Waals surface area contributed by atoms with Gasteiger partial charge in [0.15, 0.2) is 5.82 Å². The van der Waals surface area contributed by atoms with Gasteiger partial charge in [0.05, 0.1) is 29.3 Å². The van der Waals surface area contributed by atoms with E-state index in [1.165, 1.54) is 17.7 Å². The minimum atomic E-state index is -0.228. The molecule has 3 heterocycles. The summed E-state index contributed by atoms with van der Waals surface area (Å²) >= 11 is 7.86. The highest BCUT2D eigenvalue weighted by atomic mass is 35.5. The summed E-state index contributed by atoms with van der Waals surface area (Å²) in [5.74, 6) is 0.380. The van der Waals surface area contributed by atoms with Crippen LogP contribution in [0.15, 0.2) is 55.1 Å². The van der Waals surface area contributed by atoms with Gasteiger partial charge in [-0.25, -0.2) is 9.97 Å². The number of benzene rings is 2. The van der Waals surface area contributed by atoms with E-state index in [1.54, 1.807) is 24.1 Å². The molecule has 0 aliphatic heterocycles. The van der Waals surface area contributed by atoms with Gasteiger partial charge < -0.3 is 9.88 Å². The predicted molar refractivity (Wildman–Crippen MR) is 120 cm³/mol. The topological polar surface area (TPSA) is 101 Å². The lowest BCUT2D eigenvalue weighted by Crippen LogP contribution is -2.15. The molecule has 154 valence electrons. The van der Waals surface area contributed by atoms with Crippen LogP contribution >= 0.6 is 23.1 Å². The van der Waals surface area contributed by atoms with Gasteiger partial charge in [0.25, 0.3) is 5.91 Å². The first-order chi connectivity index (χ1) is 15.1. The molecule has 1 amide bonds. The van der Waals surface area contributed by atoms with Crippen LogP contribution in [0.2, 0.25) is 5.02 Å². The van der Waals surface area contributed by atoms with Crippen molar-refractivity contribution in [2.45, 2.75) is 6.42 Å². The number of rotatable bonds is 5. The zero-order chi connectivity index (χ0) is 21.4.